The number of carbonyl (C=O) groups is 3. The molecule has 17 heavy (non-hydrogen) atoms. The average Bonchev–Trinajstić information content (AvgIpc) is 2.75. The molecule has 3 N–H and O–H groups in total. The Balaban J connectivity index is 2.96. The van der Waals surface area contributed by atoms with E-state index in [-0.39, 0.29) is 5.75 Å². The molecule has 1 fully saturated rings. The summed E-state index contributed by atoms with van der Waals surface area (Å²) in [6.45, 7) is 1.73. The lowest BCUT2D eigenvalue weighted by atomic mass is 9.90. The molecule has 1 aliphatic heterocycles. The van der Waals surface area contributed by atoms with E-state index in [1.165, 1.54) is 11.8 Å². The van der Waals surface area contributed by atoms with E-state index in [0.29, 0.717) is 19.4 Å². The van der Waals surface area contributed by atoms with E-state index in [2.05, 4.69) is 12.6 Å². The van der Waals surface area contributed by atoms with Gasteiger partial charge in [-0.1, -0.05) is 0 Å². The second-order valence-corrected chi connectivity index (χ2v) is 4.67. The molecule has 0 aromatic heterocycles. The number of rotatable bonds is 4. The molecule has 0 aliphatic carbocycles. The number of aliphatic carboxylic acids is 1. The molecule has 1 saturated heterocycles. The lowest BCUT2D eigenvalue weighted by Crippen LogP contribution is -2.53. The molecule has 1 heterocycles. The third-order valence-corrected chi connectivity index (χ3v) is 3.76. The Labute approximate surface area is 105 Å². The van der Waals surface area contributed by atoms with Gasteiger partial charge in [-0.15, -0.1) is 0 Å². The fourth-order valence-electron chi connectivity index (χ4n) is 1.83. The molecule has 1 aliphatic rings. The van der Waals surface area contributed by atoms with Crippen molar-refractivity contribution in [1.29, 1.82) is 0 Å². The van der Waals surface area contributed by atoms with E-state index < -0.39 is 29.2 Å². The maximum absolute atomic E-state index is 12.2. The highest BCUT2D eigenvalue weighted by molar-refractivity contribution is 7.80. The van der Waals surface area contributed by atoms with E-state index in [0.717, 1.165) is 0 Å². The molecular formula is C10H16N2O4S. The molecule has 1 rings (SSSR count). The Hall–Kier alpha value is -1.24. The van der Waals surface area contributed by atoms with Crippen LogP contribution in [-0.4, -0.2) is 46.1 Å². The predicted octanol–water partition coefficient (Wildman–Crippen LogP) is -0.517. The van der Waals surface area contributed by atoms with Crippen molar-refractivity contribution < 1.29 is 19.5 Å². The minimum absolute atomic E-state index is 0.0377. The topological polar surface area (TPSA) is 101 Å². The second-order valence-electron chi connectivity index (χ2n) is 4.35. The Kier molecular flexibility index (Phi) is 4.03. The smallest absolute Gasteiger partial charge is 0.326 e. The third-order valence-electron chi connectivity index (χ3n) is 3.13. The molecular weight excluding hydrogens is 244 g/mol. The molecule has 0 saturated carbocycles. The van der Waals surface area contributed by atoms with E-state index in [1.807, 2.05) is 0 Å². The van der Waals surface area contributed by atoms with Crippen LogP contribution >= 0.6 is 12.6 Å². The zero-order valence-electron chi connectivity index (χ0n) is 9.55. The fraction of sp³-hybridized carbons (Fsp3) is 0.700. The summed E-state index contributed by atoms with van der Waals surface area (Å²) in [5, 5.41) is 8.98. The highest BCUT2D eigenvalue weighted by atomic mass is 32.1. The van der Waals surface area contributed by atoms with Crippen molar-refractivity contribution >= 4 is 30.4 Å². The van der Waals surface area contributed by atoms with Gasteiger partial charge >= 0.3 is 5.97 Å². The first-order valence-corrected chi connectivity index (χ1v) is 5.92. The van der Waals surface area contributed by atoms with Crippen molar-refractivity contribution in [2.75, 3.05) is 12.3 Å². The molecule has 6 nitrogen and oxygen atoms in total. The van der Waals surface area contributed by atoms with Crippen molar-refractivity contribution in [3.63, 3.8) is 0 Å². The molecule has 0 spiro atoms. The summed E-state index contributed by atoms with van der Waals surface area (Å²) in [6.07, 6.45) is 1.02. The number of thiol groups is 1. The van der Waals surface area contributed by atoms with Gasteiger partial charge in [0.05, 0.1) is 0 Å². The SMILES string of the molecule is CC(CS)(C(N)=O)C(=O)N1CCC[C@H]1C(=O)O. The van der Waals surface area contributed by atoms with Gasteiger partial charge in [0.25, 0.3) is 0 Å². The van der Waals surface area contributed by atoms with Crippen molar-refractivity contribution in [3.05, 3.63) is 0 Å². The van der Waals surface area contributed by atoms with E-state index >= 15 is 0 Å². The zero-order chi connectivity index (χ0) is 13.2. The largest absolute Gasteiger partial charge is 0.480 e. The van der Waals surface area contributed by atoms with Crippen molar-refractivity contribution in [2.24, 2.45) is 11.1 Å². The minimum atomic E-state index is -1.44. The number of primary amides is 1. The molecule has 0 aromatic rings. The molecule has 0 aromatic carbocycles. The fourth-order valence-corrected chi connectivity index (χ4v) is 2.13. The molecule has 2 amide bonds. The third kappa shape index (κ3) is 2.38. The van der Waals surface area contributed by atoms with Crippen LogP contribution in [0.3, 0.4) is 0 Å². The van der Waals surface area contributed by atoms with E-state index in [4.69, 9.17) is 10.8 Å². The van der Waals surface area contributed by atoms with Crippen molar-refractivity contribution in [1.82, 2.24) is 4.90 Å². The van der Waals surface area contributed by atoms with Crippen LogP contribution in [0.1, 0.15) is 19.8 Å². The predicted molar refractivity (Wildman–Crippen MR) is 63.5 cm³/mol. The zero-order valence-corrected chi connectivity index (χ0v) is 10.4. The number of carboxylic acid groups (broad SMARTS) is 1. The van der Waals surface area contributed by atoms with Gasteiger partial charge in [0.2, 0.25) is 11.8 Å². The number of carbonyl (C=O) groups excluding carboxylic acids is 2. The number of likely N-dealkylation sites (tertiary alicyclic amines) is 1. The number of hydrogen-bond donors (Lipinski definition) is 3. The quantitative estimate of drug-likeness (QED) is 0.468. The van der Waals surface area contributed by atoms with Crippen LogP contribution in [0.2, 0.25) is 0 Å². The number of carboxylic acids is 1. The number of amides is 2. The van der Waals surface area contributed by atoms with Gasteiger partial charge in [-0.25, -0.2) is 4.79 Å². The van der Waals surface area contributed by atoms with Crippen LogP contribution in [0.4, 0.5) is 0 Å². The highest BCUT2D eigenvalue weighted by Gasteiger charge is 2.45. The lowest BCUT2D eigenvalue weighted by molar-refractivity contribution is -0.154. The maximum Gasteiger partial charge on any atom is 0.326 e. The van der Waals surface area contributed by atoms with Crippen LogP contribution < -0.4 is 5.73 Å². The second kappa shape index (κ2) is 4.95. The Morgan fingerprint density at radius 1 is 1.53 bits per heavy atom. The molecule has 0 bridgehead atoms. The van der Waals surface area contributed by atoms with Crippen LogP contribution in [0.25, 0.3) is 0 Å². The summed E-state index contributed by atoms with van der Waals surface area (Å²) in [5.74, 6) is -2.43. The van der Waals surface area contributed by atoms with Gasteiger partial charge in [-0.05, 0) is 19.8 Å². The molecule has 0 radical (unpaired) electrons. The van der Waals surface area contributed by atoms with Crippen molar-refractivity contribution in [3.8, 4) is 0 Å². The monoisotopic (exact) mass is 260 g/mol. The van der Waals surface area contributed by atoms with Gasteiger partial charge in [-0.3, -0.25) is 9.59 Å². The number of hydrogen-bond acceptors (Lipinski definition) is 4. The first-order valence-electron chi connectivity index (χ1n) is 5.29. The molecule has 2 atom stereocenters. The van der Waals surface area contributed by atoms with Crippen molar-refractivity contribution in [2.45, 2.75) is 25.8 Å². The maximum atomic E-state index is 12.2. The summed E-state index contributed by atoms with van der Waals surface area (Å²) < 4.78 is 0. The normalized spacial score (nSPS) is 23.2. The van der Waals surface area contributed by atoms with E-state index in [9.17, 15) is 14.4 Å². The van der Waals surface area contributed by atoms with Gasteiger partial charge in [0, 0.05) is 12.3 Å². The van der Waals surface area contributed by atoms with Gasteiger partial charge in [0.15, 0.2) is 0 Å². The van der Waals surface area contributed by atoms with Crippen LogP contribution in [0.15, 0.2) is 0 Å². The summed E-state index contributed by atoms with van der Waals surface area (Å²) in [5.41, 5.74) is 3.75. The first-order chi connectivity index (χ1) is 7.84. The standard InChI is InChI=1S/C10H16N2O4S/c1-10(5-17,8(11)15)9(16)12-4-2-3-6(12)7(13)14/h6,17H,2-5H2,1H3,(H2,11,15)(H,13,14)/t6-,10?/m0/s1. The summed E-state index contributed by atoms with van der Waals surface area (Å²) in [7, 11) is 0. The Morgan fingerprint density at radius 2 is 2.12 bits per heavy atom. The number of nitrogens with zero attached hydrogens (tertiary/aromatic N) is 1. The molecule has 7 heteroatoms. The average molecular weight is 260 g/mol. The first kappa shape index (κ1) is 13.8. The summed E-state index contributed by atoms with van der Waals surface area (Å²) in [6, 6.07) is -0.860. The van der Waals surface area contributed by atoms with Gasteiger partial charge < -0.3 is 15.7 Å². The summed E-state index contributed by atoms with van der Waals surface area (Å²) in [4.78, 5) is 35.7. The van der Waals surface area contributed by atoms with Crippen LogP contribution in [0.5, 0.6) is 0 Å². The Morgan fingerprint density at radius 3 is 2.53 bits per heavy atom. The molecule has 1 unspecified atom stereocenters. The minimum Gasteiger partial charge on any atom is -0.480 e. The van der Waals surface area contributed by atoms with Crippen LogP contribution in [0, 0.1) is 5.41 Å². The van der Waals surface area contributed by atoms with Gasteiger partial charge in [0.1, 0.15) is 11.5 Å². The van der Waals surface area contributed by atoms with Crippen LogP contribution in [-0.2, 0) is 14.4 Å². The lowest BCUT2D eigenvalue weighted by Gasteiger charge is -2.30. The summed E-state index contributed by atoms with van der Waals surface area (Å²) >= 11 is 3.96. The Bertz CT molecular complexity index is 360. The highest BCUT2D eigenvalue weighted by Crippen LogP contribution is 2.27. The number of nitrogens with two attached hydrogens (primary N) is 1. The van der Waals surface area contributed by atoms with E-state index in [1.54, 1.807) is 0 Å². The van der Waals surface area contributed by atoms with Gasteiger partial charge in [-0.2, -0.15) is 12.6 Å². The molecule has 96 valence electrons.